The highest BCUT2D eigenvalue weighted by atomic mass is 19.4. The average molecular weight is 330 g/mol. The number of piperidine rings is 1. The van der Waals surface area contributed by atoms with Gasteiger partial charge in [0.05, 0.1) is 13.7 Å². The first kappa shape index (κ1) is 17.6. The fourth-order valence-electron chi connectivity index (χ4n) is 2.78. The molecule has 1 amide bonds. The van der Waals surface area contributed by atoms with Crippen LogP contribution in [0.25, 0.3) is 0 Å². The SMILES string of the molecule is COc1cccc(C2CCN(CC(=O)NCC(F)(F)F)CC2)c1. The highest BCUT2D eigenvalue weighted by Crippen LogP contribution is 2.29. The number of nitrogens with one attached hydrogen (secondary N) is 1. The van der Waals surface area contributed by atoms with Crippen LogP contribution >= 0.6 is 0 Å². The van der Waals surface area contributed by atoms with Crippen molar-refractivity contribution in [2.75, 3.05) is 33.3 Å². The van der Waals surface area contributed by atoms with Crippen molar-refractivity contribution < 1.29 is 22.7 Å². The summed E-state index contributed by atoms with van der Waals surface area (Å²) in [6.45, 7) is 0.135. The molecule has 1 N–H and O–H groups in total. The molecule has 0 atom stereocenters. The molecule has 0 bridgehead atoms. The van der Waals surface area contributed by atoms with E-state index in [4.69, 9.17) is 4.74 Å². The molecule has 1 aliphatic heterocycles. The van der Waals surface area contributed by atoms with E-state index < -0.39 is 18.6 Å². The molecule has 0 aromatic heterocycles. The average Bonchev–Trinajstić information content (AvgIpc) is 2.53. The molecule has 2 rings (SSSR count). The summed E-state index contributed by atoms with van der Waals surface area (Å²) in [7, 11) is 1.63. The summed E-state index contributed by atoms with van der Waals surface area (Å²) in [4.78, 5) is 13.4. The summed E-state index contributed by atoms with van der Waals surface area (Å²) in [6, 6.07) is 7.91. The summed E-state index contributed by atoms with van der Waals surface area (Å²) in [5.41, 5.74) is 1.20. The van der Waals surface area contributed by atoms with Crippen LogP contribution in [0.4, 0.5) is 13.2 Å². The van der Waals surface area contributed by atoms with E-state index in [9.17, 15) is 18.0 Å². The second-order valence-corrected chi connectivity index (χ2v) is 5.72. The van der Waals surface area contributed by atoms with Gasteiger partial charge in [0.15, 0.2) is 0 Å². The molecule has 1 aliphatic rings. The quantitative estimate of drug-likeness (QED) is 0.902. The Morgan fingerprint density at radius 3 is 2.65 bits per heavy atom. The standard InChI is InChI=1S/C16H21F3N2O2/c1-23-14-4-2-3-13(9-14)12-5-7-21(8-6-12)10-15(22)20-11-16(17,18)19/h2-4,9,12H,5-8,10-11H2,1H3,(H,20,22). The van der Waals surface area contributed by atoms with Crippen LogP contribution in [0.15, 0.2) is 24.3 Å². The van der Waals surface area contributed by atoms with Gasteiger partial charge in [0.25, 0.3) is 0 Å². The Hall–Kier alpha value is -1.76. The Labute approximate surface area is 133 Å². The van der Waals surface area contributed by atoms with E-state index in [-0.39, 0.29) is 6.54 Å². The number of carbonyl (C=O) groups is 1. The molecule has 23 heavy (non-hydrogen) atoms. The Morgan fingerprint density at radius 1 is 1.35 bits per heavy atom. The molecule has 128 valence electrons. The van der Waals surface area contributed by atoms with Gasteiger partial charge in [-0.3, -0.25) is 9.69 Å². The number of ether oxygens (including phenoxy) is 1. The van der Waals surface area contributed by atoms with Crippen molar-refractivity contribution in [1.82, 2.24) is 10.2 Å². The minimum atomic E-state index is -4.37. The first-order chi connectivity index (χ1) is 10.9. The summed E-state index contributed by atoms with van der Waals surface area (Å²) in [5, 5.41) is 1.91. The van der Waals surface area contributed by atoms with Gasteiger partial charge in [0, 0.05) is 0 Å². The molecule has 1 heterocycles. The molecule has 1 aromatic carbocycles. The molecule has 0 radical (unpaired) electrons. The molecule has 0 aliphatic carbocycles. The van der Waals surface area contributed by atoms with E-state index in [1.807, 2.05) is 28.4 Å². The van der Waals surface area contributed by atoms with Crippen molar-refractivity contribution >= 4 is 5.91 Å². The van der Waals surface area contributed by atoms with E-state index in [1.54, 1.807) is 7.11 Å². The Balaban J connectivity index is 1.78. The minimum Gasteiger partial charge on any atom is -0.497 e. The molecule has 4 nitrogen and oxygen atoms in total. The number of amides is 1. The first-order valence-corrected chi connectivity index (χ1v) is 7.57. The lowest BCUT2D eigenvalue weighted by atomic mass is 9.89. The third-order valence-corrected chi connectivity index (χ3v) is 4.01. The van der Waals surface area contributed by atoms with Crippen molar-refractivity contribution in [3.8, 4) is 5.75 Å². The molecule has 0 saturated carbocycles. The zero-order valence-corrected chi connectivity index (χ0v) is 13.0. The molecular formula is C16H21F3N2O2. The predicted octanol–water partition coefficient (Wildman–Crippen LogP) is 2.55. The van der Waals surface area contributed by atoms with E-state index in [2.05, 4.69) is 6.07 Å². The van der Waals surface area contributed by atoms with Crippen molar-refractivity contribution in [3.05, 3.63) is 29.8 Å². The smallest absolute Gasteiger partial charge is 0.405 e. The third kappa shape index (κ3) is 5.74. The van der Waals surface area contributed by atoms with Gasteiger partial charge in [0.2, 0.25) is 5.91 Å². The van der Waals surface area contributed by atoms with Crippen molar-refractivity contribution in [2.24, 2.45) is 0 Å². The lowest BCUT2D eigenvalue weighted by Gasteiger charge is -2.31. The summed E-state index contributed by atoms with van der Waals surface area (Å²) in [6.07, 6.45) is -2.62. The Bertz CT molecular complexity index is 526. The van der Waals surface area contributed by atoms with Gasteiger partial charge >= 0.3 is 6.18 Å². The van der Waals surface area contributed by atoms with Crippen molar-refractivity contribution in [1.29, 1.82) is 0 Å². The number of nitrogens with zero attached hydrogens (tertiary/aromatic N) is 1. The third-order valence-electron chi connectivity index (χ3n) is 4.01. The van der Waals surface area contributed by atoms with Crippen molar-refractivity contribution in [3.63, 3.8) is 0 Å². The molecule has 0 unspecified atom stereocenters. The van der Waals surface area contributed by atoms with Crippen molar-refractivity contribution in [2.45, 2.75) is 24.9 Å². The fraction of sp³-hybridized carbons (Fsp3) is 0.562. The van der Waals surface area contributed by atoms with Gasteiger partial charge in [-0.2, -0.15) is 13.2 Å². The maximum Gasteiger partial charge on any atom is 0.405 e. The zero-order valence-electron chi connectivity index (χ0n) is 13.0. The number of hydrogen-bond donors (Lipinski definition) is 1. The number of alkyl halides is 3. The van der Waals surface area contributed by atoms with Gasteiger partial charge in [-0.1, -0.05) is 12.1 Å². The van der Waals surface area contributed by atoms with Crippen LogP contribution in [-0.4, -0.2) is 50.3 Å². The number of rotatable bonds is 5. The van der Waals surface area contributed by atoms with Gasteiger partial charge in [-0.25, -0.2) is 0 Å². The minimum absolute atomic E-state index is 0.0148. The Morgan fingerprint density at radius 2 is 2.04 bits per heavy atom. The van der Waals surface area contributed by atoms with Gasteiger partial charge in [-0.05, 0) is 49.5 Å². The molecule has 0 spiro atoms. The summed E-state index contributed by atoms with van der Waals surface area (Å²) in [5.74, 6) is 0.623. The normalized spacial score (nSPS) is 17.0. The van der Waals surface area contributed by atoms with Crippen LogP contribution in [0.1, 0.15) is 24.3 Å². The van der Waals surface area contributed by atoms with Gasteiger partial charge in [0.1, 0.15) is 12.3 Å². The van der Waals surface area contributed by atoms with Crippen LogP contribution in [0.5, 0.6) is 5.75 Å². The van der Waals surface area contributed by atoms with E-state index in [0.717, 1.165) is 18.6 Å². The first-order valence-electron chi connectivity index (χ1n) is 7.57. The molecule has 1 saturated heterocycles. The summed E-state index contributed by atoms with van der Waals surface area (Å²) >= 11 is 0. The largest absolute Gasteiger partial charge is 0.497 e. The molecule has 1 aromatic rings. The number of methoxy groups -OCH3 is 1. The lowest BCUT2D eigenvalue weighted by Crippen LogP contribution is -2.43. The molecule has 1 fully saturated rings. The maximum atomic E-state index is 12.1. The molecular weight excluding hydrogens is 309 g/mol. The zero-order chi connectivity index (χ0) is 16.9. The highest BCUT2D eigenvalue weighted by Gasteiger charge is 2.28. The molecule has 7 heteroatoms. The van der Waals surface area contributed by atoms with E-state index in [1.165, 1.54) is 5.56 Å². The highest BCUT2D eigenvalue weighted by molar-refractivity contribution is 5.78. The Kier molecular flexibility index (Phi) is 5.87. The number of hydrogen-bond acceptors (Lipinski definition) is 3. The maximum absolute atomic E-state index is 12.1. The topological polar surface area (TPSA) is 41.6 Å². The number of halogens is 3. The summed E-state index contributed by atoms with van der Waals surface area (Å²) < 4.78 is 41.4. The monoisotopic (exact) mass is 330 g/mol. The van der Waals surface area contributed by atoms with Gasteiger partial charge < -0.3 is 10.1 Å². The van der Waals surface area contributed by atoms with Crippen LogP contribution in [0, 0.1) is 0 Å². The van der Waals surface area contributed by atoms with Gasteiger partial charge in [-0.15, -0.1) is 0 Å². The number of carbonyl (C=O) groups excluding carboxylic acids is 1. The van der Waals surface area contributed by atoms with E-state index in [0.29, 0.717) is 19.0 Å². The lowest BCUT2D eigenvalue weighted by molar-refractivity contribution is -0.139. The number of benzene rings is 1. The van der Waals surface area contributed by atoms with Crippen LogP contribution in [0.2, 0.25) is 0 Å². The number of likely N-dealkylation sites (tertiary alicyclic amines) is 1. The fourth-order valence-corrected chi connectivity index (χ4v) is 2.78. The second kappa shape index (κ2) is 7.68. The van der Waals surface area contributed by atoms with Crippen LogP contribution < -0.4 is 10.1 Å². The predicted molar refractivity (Wildman–Crippen MR) is 80.5 cm³/mol. The second-order valence-electron chi connectivity index (χ2n) is 5.72. The van der Waals surface area contributed by atoms with E-state index >= 15 is 0 Å². The van der Waals surface area contributed by atoms with Crippen LogP contribution in [0.3, 0.4) is 0 Å². The van der Waals surface area contributed by atoms with Crippen LogP contribution in [-0.2, 0) is 4.79 Å².